The second kappa shape index (κ2) is 7.19. The van der Waals surface area contributed by atoms with E-state index in [2.05, 4.69) is 20.1 Å². The van der Waals surface area contributed by atoms with Gasteiger partial charge in [-0.1, -0.05) is 5.16 Å². The van der Waals surface area contributed by atoms with E-state index in [9.17, 15) is 0 Å². The number of H-pyrrole nitrogens is 1. The third-order valence-corrected chi connectivity index (χ3v) is 5.88. The molecule has 1 N–H and O–H groups in total. The minimum Gasteiger partial charge on any atom is -0.496 e. The number of methoxy groups -OCH3 is 1. The third kappa shape index (κ3) is 2.92. The van der Waals surface area contributed by atoms with Gasteiger partial charge in [-0.2, -0.15) is 0 Å². The number of nitrogens with one attached hydrogen (secondary N) is 1. The van der Waals surface area contributed by atoms with Gasteiger partial charge in [-0.3, -0.25) is 0 Å². The molecule has 166 valence electrons. The molecule has 0 amide bonds. The molecule has 0 saturated heterocycles. The molecule has 6 rings (SSSR count). The summed E-state index contributed by atoms with van der Waals surface area (Å²) in [6, 6.07) is 5.94. The monoisotopic (exact) mass is 443 g/mol. The minimum absolute atomic E-state index is 0.460. The van der Waals surface area contributed by atoms with Crippen molar-refractivity contribution in [2.24, 2.45) is 0 Å². The maximum absolute atomic E-state index is 5.93. The molecule has 0 spiro atoms. The predicted molar refractivity (Wildman–Crippen MR) is 122 cm³/mol. The molecule has 4 aromatic heterocycles. The number of aromatic amines is 1. The summed E-state index contributed by atoms with van der Waals surface area (Å²) in [6.45, 7) is 6.61. The van der Waals surface area contributed by atoms with E-state index in [0.717, 1.165) is 55.8 Å². The number of hydrogen-bond donors (Lipinski definition) is 1. The standard InChI is InChI=1S/C24H21N5O4/c1-11-19(12(2)33-29-11)16-9-17-15(10-18(16)30-4)20-21(26-13(3)27-23(20)28-17)14-5-6-25-24-22(14)31-7-8-32-24/h5-6,9-10H,7-8H2,1-4H3,(H,26,27,28). The Morgan fingerprint density at radius 3 is 2.67 bits per heavy atom. The van der Waals surface area contributed by atoms with Crippen LogP contribution in [0, 0.1) is 20.8 Å². The maximum Gasteiger partial charge on any atom is 0.257 e. The van der Waals surface area contributed by atoms with Crippen molar-refractivity contribution in [1.82, 2.24) is 25.1 Å². The van der Waals surface area contributed by atoms with Crippen LogP contribution in [0.4, 0.5) is 0 Å². The van der Waals surface area contributed by atoms with Gasteiger partial charge >= 0.3 is 0 Å². The Hall–Kier alpha value is -4.14. The average molecular weight is 443 g/mol. The van der Waals surface area contributed by atoms with Crippen LogP contribution in [-0.4, -0.2) is 45.4 Å². The van der Waals surface area contributed by atoms with Crippen molar-refractivity contribution in [2.45, 2.75) is 20.8 Å². The molecule has 0 aliphatic carbocycles. The molecule has 33 heavy (non-hydrogen) atoms. The lowest BCUT2D eigenvalue weighted by atomic mass is 9.99. The molecule has 9 nitrogen and oxygen atoms in total. The molecule has 1 aliphatic heterocycles. The highest BCUT2D eigenvalue weighted by Gasteiger charge is 2.24. The van der Waals surface area contributed by atoms with Gasteiger partial charge in [0.05, 0.1) is 35.0 Å². The van der Waals surface area contributed by atoms with Crippen molar-refractivity contribution in [1.29, 1.82) is 0 Å². The number of ether oxygens (including phenoxy) is 3. The number of aryl methyl sites for hydroxylation is 3. The first-order valence-electron chi connectivity index (χ1n) is 10.6. The minimum atomic E-state index is 0.460. The molecule has 9 heteroatoms. The Kier molecular flexibility index (Phi) is 4.26. The normalized spacial score (nSPS) is 13.1. The number of pyridine rings is 1. The molecule has 1 aromatic carbocycles. The molecule has 5 aromatic rings. The summed E-state index contributed by atoms with van der Waals surface area (Å²) in [5.41, 5.74) is 5.82. The summed E-state index contributed by atoms with van der Waals surface area (Å²) in [6.07, 6.45) is 1.71. The van der Waals surface area contributed by atoms with Crippen molar-refractivity contribution in [3.05, 3.63) is 41.7 Å². The maximum atomic E-state index is 5.93. The number of hydrogen-bond acceptors (Lipinski definition) is 8. The van der Waals surface area contributed by atoms with Crippen LogP contribution < -0.4 is 14.2 Å². The average Bonchev–Trinajstić information content (AvgIpc) is 3.35. The largest absolute Gasteiger partial charge is 0.496 e. The molecule has 1 aliphatic rings. The summed E-state index contributed by atoms with van der Waals surface area (Å²) >= 11 is 0. The zero-order valence-corrected chi connectivity index (χ0v) is 18.6. The van der Waals surface area contributed by atoms with Gasteiger partial charge in [0, 0.05) is 22.7 Å². The van der Waals surface area contributed by atoms with Gasteiger partial charge in [0.25, 0.3) is 5.88 Å². The number of aromatic nitrogens is 5. The van der Waals surface area contributed by atoms with Crippen LogP contribution >= 0.6 is 0 Å². The van der Waals surface area contributed by atoms with Crippen LogP contribution in [0.15, 0.2) is 28.9 Å². The molecular formula is C24H21N5O4. The summed E-state index contributed by atoms with van der Waals surface area (Å²) in [4.78, 5) is 17.2. The fraction of sp³-hybridized carbons (Fsp3) is 0.250. The first-order chi connectivity index (χ1) is 16.0. The number of rotatable bonds is 3. The Morgan fingerprint density at radius 1 is 1.03 bits per heavy atom. The van der Waals surface area contributed by atoms with Gasteiger partial charge < -0.3 is 23.7 Å². The lowest BCUT2D eigenvalue weighted by Gasteiger charge is -2.19. The highest BCUT2D eigenvalue weighted by Crippen LogP contribution is 2.44. The summed E-state index contributed by atoms with van der Waals surface area (Å²) in [7, 11) is 1.66. The van der Waals surface area contributed by atoms with E-state index in [1.165, 1.54) is 0 Å². The number of benzene rings is 1. The fourth-order valence-electron chi connectivity index (χ4n) is 4.50. The Labute approximate surface area is 188 Å². The third-order valence-electron chi connectivity index (χ3n) is 5.88. The van der Waals surface area contributed by atoms with E-state index >= 15 is 0 Å². The second-order valence-corrected chi connectivity index (χ2v) is 7.95. The van der Waals surface area contributed by atoms with Gasteiger partial charge in [-0.15, -0.1) is 0 Å². The first kappa shape index (κ1) is 19.5. The van der Waals surface area contributed by atoms with Gasteiger partial charge in [-0.25, -0.2) is 15.0 Å². The van der Waals surface area contributed by atoms with Crippen molar-refractivity contribution < 1.29 is 18.7 Å². The van der Waals surface area contributed by atoms with Gasteiger partial charge in [0.15, 0.2) is 5.75 Å². The van der Waals surface area contributed by atoms with Crippen LogP contribution in [0.5, 0.6) is 17.4 Å². The zero-order valence-electron chi connectivity index (χ0n) is 18.6. The van der Waals surface area contributed by atoms with Crippen LogP contribution in [0.2, 0.25) is 0 Å². The SMILES string of the molecule is COc1cc2c(cc1-c1c(C)noc1C)[nH]c1nc(C)nc(-c3ccnc4c3OCCO4)c12. The molecule has 0 bridgehead atoms. The molecular weight excluding hydrogens is 422 g/mol. The second-order valence-electron chi connectivity index (χ2n) is 7.95. The molecule has 5 heterocycles. The van der Waals surface area contributed by atoms with Gasteiger partial charge in [0.1, 0.15) is 36.2 Å². The van der Waals surface area contributed by atoms with E-state index in [-0.39, 0.29) is 0 Å². The Balaban J connectivity index is 1.67. The number of fused-ring (bicyclic) bond motifs is 4. The van der Waals surface area contributed by atoms with Crippen LogP contribution in [-0.2, 0) is 0 Å². The van der Waals surface area contributed by atoms with Gasteiger partial charge in [-0.05, 0) is 39.0 Å². The van der Waals surface area contributed by atoms with Crippen molar-refractivity contribution in [2.75, 3.05) is 20.3 Å². The molecule has 0 saturated carbocycles. The number of nitrogens with zero attached hydrogens (tertiary/aromatic N) is 4. The van der Waals surface area contributed by atoms with Crippen molar-refractivity contribution in [3.63, 3.8) is 0 Å². The summed E-state index contributed by atoms with van der Waals surface area (Å²) < 4.78 is 22.8. The topological polar surface area (TPSA) is 108 Å². The Bertz CT molecular complexity index is 1530. The van der Waals surface area contributed by atoms with Crippen LogP contribution in [0.1, 0.15) is 17.3 Å². The van der Waals surface area contributed by atoms with Gasteiger partial charge in [0.2, 0.25) is 0 Å². The smallest absolute Gasteiger partial charge is 0.257 e. The summed E-state index contributed by atoms with van der Waals surface area (Å²) in [5.74, 6) is 3.15. The van der Waals surface area contributed by atoms with E-state index in [0.29, 0.717) is 36.4 Å². The van der Waals surface area contributed by atoms with Crippen LogP contribution in [0.3, 0.4) is 0 Å². The van der Waals surface area contributed by atoms with E-state index in [4.69, 9.17) is 23.7 Å². The van der Waals surface area contributed by atoms with E-state index in [1.807, 2.05) is 39.0 Å². The molecule has 0 atom stereocenters. The highest BCUT2D eigenvalue weighted by atomic mass is 16.6. The lowest BCUT2D eigenvalue weighted by Crippen LogP contribution is -2.17. The predicted octanol–water partition coefficient (Wildman–Crippen LogP) is 4.53. The highest BCUT2D eigenvalue weighted by molar-refractivity contribution is 6.14. The van der Waals surface area contributed by atoms with Crippen molar-refractivity contribution >= 4 is 21.9 Å². The Morgan fingerprint density at radius 2 is 1.88 bits per heavy atom. The van der Waals surface area contributed by atoms with Crippen molar-refractivity contribution in [3.8, 4) is 39.8 Å². The zero-order chi connectivity index (χ0) is 22.7. The quantitative estimate of drug-likeness (QED) is 0.433. The first-order valence-corrected chi connectivity index (χ1v) is 10.6. The summed E-state index contributed by atoms with van der Waals surface area (Å²) in [5, 5.41) is 5.92. The molecule has 0 radical (unpaired) electrons. The lowest BCUT2D eigenvalue weighted by molar-refractivity contribution is 0.165. The fourth-order valence-corrected chi connectivity index (χ4v) is 4.50. The van der Waals surface area contributed by atoms with Crippen LogP contribution in [0.25, 0.3) is 44.3 Å². The molecule has 0 fully saturated rings. The van der Waals surface area contributed by atoms with E-state index < -0.39 is 0 Å². The molecule has 0 unspecified atom stereocenters. The van der Waals surface area contributed by atoms with E-state index in [1.54, 1.807) is 13.3 Å².